The molecule has 0 saturated carbocycles. The maximum Gasteiger partial charge on any atom is 0.240 e. The van der Waals surface area contributed by atoms with Crippen molar-refractivity contribution in [2.24, 2.45) is 0 Å². The Balaban J connectivity index is 1.89. The fraction of sp³-hybridized carbons (Fsp3) is 0.300. The highest BCUT2D eigenvalue weighted by atomic mass is 32.2. The van der Waals surface area contributed by atoms with Crippen LogP contribution in [-0.4, -0.2) is 27.1 Å². The Kier molecular flexibility index (Phi) is 4.82. The Morgan fingerprint density at radius 2 is 1.88 bits per heavy atom. The first-order valence-corrected chi connectivity index (χ1v) is 9.94. The van der Waals surface area contributed by atoms with Crippen LogP contribution < -0.4 is 9.46 Å². The summed E-state index contributed by atoms with van der Waals surface area (Å²) in [6.45, 7) is 6.13. The number of sulfonamides is 1. The second-order valence-corrected chi connectivity index (χ2v) is 8.82. The van der Waals surface area contributed by atoms with Crippen molar-refractivity contribution in [1.29, 1.82) is 0 Å². The van der Waals surface area contributed by atoms with Gasteiger partial charge in [0.2, 0.25) is 10.0 Å². The van der Waals surface area contributed by atoms with Gasteiger partial charge in [0.05, 0.1) is 12.0 Å². The first-order valence-electron chi connectivity index (χ1n) is 8.45. The highest BCUT2D eigenvalue weighted by Crippen LogP contribution is 2.32. The summed E-state index contributed by atoms with van der Waals surface area (Å²) in [6, 6.07) is 12.8. The van der Waals surface area contributed by atoms with Crippen LogP contribution in [0.1, 0.15) is 25.0 Å². The topological polar surface area (TPSA) is 71.2 Å². The predicted molar refractivity (Wildman–Crippen MR) is 104 cm³/mol. The number of methoxy groups -OCH3 is 1. The zero-order chi connectivity index (χ0) is 18.9. The maximum absolute atomic E-state index is 12.7. The largest absolute Gasteiger partial charge is 0.497 e. The van der Waals surface area contributed by atoms with Gasteiger partial charge in [0.1, 0.15) is 5.75 Å². The molecule has 0 spiro atoms. The second kappa shape index (κ2) is 6.78. The number of fused-ring (bicyclic) bond motifs is 1. The van der Waals surface area contributed by atoms with Gasteiger partial charge in [0.25, 0.3) is 0 Å². The smallest absolute Gasteiger partial charge is 0.240 e. The van der Waals surface area contributed by atoms with Crippen molar-refractivity contribution < 1.29 is 13.2 Å². The second-order valence-electron chi connectivity index (χ2n) is 7.09. The molecule has 0 unspecified atom stereocenters. The number of benzene rings is 2. The molecule has 2 aromatic carbocycles. The van der Waals surface area contributed by atoms with E-state index in [4.69, 9.17) is 4.74 Å². The summed E-state index contributed by atoms with van der Waals surface area (Å²) in [5.74, 6) is 0.773. The standard InChI is InChI=1S/C20H24N2O3S/c1-14-7-5-6-8-19(14)26(23,24)22-13-20(2,3)17-12-21-18-10-9-15(25-4)11-16(17)18/h5-12,21-22H,13H2,1-4H3. The van der Waals surface area contributed by atoms with Crippen molar-refractivity contribution in [2.45, 2.75) is 31.1 Å². The van der Waals surface area contributed by atoms with Crippen molar-refractivity contribution in [3.63, 3.8) is 0 Å². The van der Waals surface area contributed by atoms with Crippen molar-refractivity contribution in [3.05, 3.63) is 59.8 Å². The Morgan fingerprint density at radius 3 is 2.58 bits per heavy atom. The van der Waals surface area contributed by atoms with Crippen LogP contribution in [0.2, 0.25) is 0 Å². The van der Waals surface area contributed by atoms with E-state index >= 15 is 0 Å². The molecule has 0 saturated heterocycles. The molecule has 0 radical (unpaired) electrons. The van der Waals surface area contributed by atoms with Crippen LogP contribution in [0.25, 0.3) is 10.9 Å². The van der Waals surface area contributed by atoms with Crippen LogP contribution in [0.15, 0.2) is 53.6 Å². The SMILES string of the molecule is COc1ccc2[nH]cc(C(C)(C)CNS(=O)(=O)c3ccccc3C)c2c1. The van der Waals surface area contributed by atoms with Crippen LogP contribution in [0.3, 0.4) is 0 Å². The van der Waals surface area contributed by atoms with E-state index in [1.165, 1.54) is 0 Å². The van der Waals surface area contributed by atoms with E-state index in [1.807, 2.05) is 44.3 Å². The highest BCUT2D eigenvalue weighted by Gasteiger charge is 2.27. The lowest BCUT2D eigenvalue weighted by atomic mass is 9.84. The molecule has 0 fully saturated rings. The van der Waals surface area contributed by atoms with Gasteiger partial charge in [-0.1, -0.05) is 32.0 Å². The molecule has 3 aromatic rings. The molecule has 1 aromatic heterocycles. The minimum absolute atomic E-state index is 0.286. The summed E-state index contributed by atoms with van der Waals surface area (Å²) in [7, 11) is -1.93. The molecular formula is C20H24N2O3S. The summed E-state index contributed by atoms with van der Waals surface area (Å²) < 4.78 is 33.5. The van der Waals surface area contributed by atoms with Gasteiger partial charge in [-0.25, -0.2) is 13.1 Å². The van der Waals surface area contributed by atoms with Gasteiger partial charge in [-0.3, -0.25) is 0 Å². The summed E-state index contributed by atoms with van der Waals surface area (Å²) in [6.07, 6.45) is 1.94. The first kappa shape index (κ1) is 18.5. The molecule has 3 rings (SSSR count). The normalized spacial score (nSPS) is 12.5. The molecule has 6 heteroatoms. The van der Waals surface area contributed by atoms with Gasteiger partial charge in [0.15, 0.2) is 0 Å². The summed E-state index contributed by atoms with van der Waals surface area (Å²) in [5, 5.41) is 1.03. The third kappa shape index (κ3) is 3.48. The lowest BCUT2D eigenvalue weighted by molar-refractivity contribution is 0.415. The number of hydrogen-bond donors (Lipinski definition) is 2. The van der Waals surface area contributed by atoms with Crippen molar-refractivity contribution >= 4 is 20.9 Å². The monoisotopic (exact) mass is 372 g/mol. The quantitative estimate of drug-likeness (QED) is 0.692. The van der Waals surface area contributed by atoms with Crippen LogP contribution in [-0.2, 0) is 15.4 Å². The van der Waals surface area contributed by atoms with Crippen molar-refractivity contribution in [3.8, 4) is 5.75 Å². The Bertz CT molecular complexity index is 1040. The lowest BCUT2D eigenvalue weighted by Crippen LogP contribution is -2.36. The fourth-order valence-corrected chi connectivity index (χ4v) is 4.55. The molecule has 1 heterocycles. The molecule has 0 aliphatic carbocycles. The average molecular weight is 372 g/mol. The molecule has 0 aliphatic heterocycles. The molecule has 2 N–H and O–H groups in total. The third-order valence-corrected chi connectivity index (χ3v) is 6.27. The molecule has 26 heavy (non-hydrogen) atoms. The number of H-pyrrole nitrogens is 1. The minimum atomic E-state index is -3.57. The molecule has 138 valence electrons. The number of aromatic nitrogens is 1. The van der Waals surface area contributed by atoms with Gasteiger partial charge >= 0.3 is 0 Å². The van der Waals surface area contributed by atoms with Crippen LogP contribution >= 0.6 is 0 Å². The molecular weight excluding hydrogens is 348 g/mol. The van der Waals surface area contributed by atoms with Crippen LogP contribution in [0, 0.1) is 6.92 Å². The van der Waals surface area contributed by atoms with E-state index in [-0.39, 0.29) is 6.54 Å². The third-order valence-electron chi connectivity index (χ3n) is 4.71. The highest BCUT2D eigenvalue weighted by molar-refractivity contribution is 7.89. The predicted octanol–water partition coefficient (Wildman–Crippen LogP) is 3.74. The number of ether oxygens (including phenoxy) is 1. The Hall–Kier alpha value is -2.31. The van der Waals surface area contributed by atoms with Crippen LogP contribution in [0.5, 0.6) is 5.75 Å². The van der Waals surface area contributed by atoms with E-state index < -0.39 is 15.4 Å². The van der Waals surface area contributed by atoms with Gasteiger partial charge in [-0.15, -0.1) is 0 Å². The van der Waals surface area contributed by atoms with Gasteiger partial charge in [0, 0.05) is 29.1 Å². The molecule has 0 bridgehead atoms. The fourth-order valence-electron chi connectivity index (χ4n) is 3.09. The van der Waals surface area contributed by atoms with Crippen LogP contribution in [0.4, 0.5) is 0 Å². The number of nitrogens with one attached hydrogen (secondary N) is 2. The molecule has 0 amide bonds. The van der Waals surface area contributed by atoms with E-state index in [0.29, 0.717) is 4.90 Å². The zero-order valence-electron chi connectivity index (χ0n) is 15.5. The van der Waals surface area contributed by atoms with E-state index in [0.717, 1.165) is 27.8 Å². The van der Waals surface area contributed by atoms with Gasteiger partial charge in [-0.05, 0) is 42.3 Å². The number of hydrogen-bond acceptors (Lipinski definition) is 3. The number of aryl methyl sites for hydroxylation is 1. The Labute approximate surface area is 154 Å². The molecule has 0 atom stereocenters. The molecule has 0 aliphatic rings. The Morgan fingerprint density at radius 1 is 1.15 bits per heavy atom. The van der Waals surface area contributed by atoms with Crippen molar-refractivity contribution in [2.75, 3.05) is 13.7 Å². The molecule has 5 nitrogen and oxygen atoms in total. The number of rotatable bonds is 6. The lowest BCUT2D eigenvalue weighted by Gasteiger charge is -2.25. The van der Waals surface area contributed by atoms with E-state index in [1.54, 1.807) is 32.2 Å². The summed E-state index contributed by atoms with van der Waals surface area (Å²) in [4.78, 5) is 3.57. The average Bonchev–Trinajstić information content (AvgIpc) is 3.04. The van der Waals surface area contributed by atoms with E-state index in [2.05, 4.69) is 9.71 Å². The van der Waals surface area contributed by atoms with Crippen molar-refractivity contribution in [1.82, 2.24) is 9.71 Å². The van der Waals surface area contributed by atoms with E-state index in [9.17, 15) is 8.42 Å². The number of aromatic amines is 1. The zero-order valence-corrected chi connectivity index (χ0v) is 16.3. The summed E-state index contributed by atoms with van der Waals surface area (Å²) in [5.41, 5.74) is 2.37. The minimum Gasteiger partial charge on any atom is -0.497 e. The summed E-state index contributed by atoms with van der Waals surface area (Å²) >= 11 is 0. The first-order chi connectivity index (χ1) is 12.2. The van der Waals surface area contributed by atoms with Gasteiger partial charge < -0.3 is 9.72 Å². The maximum atomic E-state index is 12.7. The van der Waals surface area contributed by atoms with Gasteiger partial charge in [-0.2, -0.15) is 0 Å².